The van der Waals surface area contributed by atoms with E-state index in [2.05, 4.69) is 40.1 Å². The molecule has 0 aromatic heterocycles. The van der Waals surface area contributed by atoms with E-state index in [1.165, 1.54) is 31.5 Å². The molecule has 4 fully saturated rings. The van der Waals surface area contributed by atoms with E-state index in [1.807, 2.05) is 30.3 Å². The van der Waals surface area contributed by atoms with Crippen LogP contribution in [0.3, 0.4) is 0 Å². The number of benzene rings is 2. The highest BCUT2D eigenvalue weighted by atomic mass is 16.2. The molecule has 0 saturated carbocycles. The average molecular weight is 332 g/mol. The zero-order valence-corrected chi connectivity index (χ0v) is 14.4. The maximum atomic E-state index is 13.3. The highest BCUT2D eigenvalue weighted by Crippen LogP contribution is 2.46. The third-order valence-electron chi connectivity index (χ3n) is 6.50. The summed E-state index contributed by atoms with van der Waals surface area (Å²) in [6.45, 7) is 3.24. The molecule has 2 aromatic rings. The molecule has 6 rings (SSSR count). The normalized spacial score (nSPS) is 33.3. The van der Waals surface area contributed by atoms with Crippen LogP contribution in [0.4, 0.5) is 0 Å². The van der Waals surface area contributed by atoms with Crippen LogP contribution in [0, 0.1) is 5.92 Å². The zero-order valence-electron chi connectivity index (χ0n) is 14.4. The van der Waals surface area contributed by atoms with Gasteiger partial charge in [-0.2, -0.15) is 0 Å². The van der Waals surface area contributed by atoms with Gasteiger partial charge in [-0.3, -0.25) is 9.69 Å². The van der Waals surface area contributed by atoms with Gasteiger partial charge in [0.25, 0.3) is 5.91 Å². The fraction of sp³-hybridized carbons (Fsp3) is 0.409. The smallest absolute Gasteiger partial charge is 0.254 e. The molecule has 3 nitrogen and oxygen atoms in total. The molecule has 2 aromatic carbocycles. The molecular formula is C22H24N2O. The fourth-order valence-electron chi connectivity index (χ4n) is 5.39. The van der Waals surface area contributed by atoms with Gasteiger partial charge in [0.15, 0.2) is 0 Å². The van der Waals surface area contributed by atoms with E-state index in [4.69, 9.17) is 0 Å². The van der Waals surface area contributed by atoms with Crippen molar-refractivity contribution in [3.05, 3.63) is 71.8 Å². The Bertz CT molecular complexity index is 752. The topological polar surface area (TPSA) is 23.6 Å². The van der Waals surface area contributed by atoms with Crippen LogP contribution in [0.5, 0.6) is 0 Å². The van der Waals surface area contributed by atoms with Gasteiger partial charge in [0.1, 0.15) is 0 Å². The summed E-state index contributed by atoms with van der Waals surface area (Å²) in [4.78, 5) is 18.1. The minimum Gasteiger partial charge on any atom is -0.333 e. The first kappa shape index (κ1) is 15.2. The first-order valence-corrected chi connectivity index (χ1v) is 9.48. The van der Waals surface area contributed by atoms with E-state index < -0.39 is 0 Å². The first-order chi connectivity index (χ1) is 12.3. The molecule has 2 bridgehead atoms. The summed E-state index contributed by atoms with van der Waals surface area (Å²) in [5.74, 6) is 1.31. The molecular weight excluding hydrogens is 308 g/mol. The van der Waals surface area contributed by atoms with Crippen molar-refractivity contribution in [1.82, 2.24) is 9.80 Å². The molecule has 25 heavy (non-hydrogen) atoms. The van der Waals surface area contributed by atoms with Crippen molar-refractivity contribution < 1.29 is 4.79 Å². The summed E-state index contributed by atoms with van der Waals surface area (Å²) in [6, 6.07) is 21.5. The van der Waals surface area contributed by atoms with Gasteiger partial charge >= 0.3 is 0 Å². The van der Waals surface area contributed by atoms with Crippen LogP contribution in [0.1, 0.15) is 34.7 Å². The SMILES string of the molecule is O=C(c1ccccc1)N1C[C@H](c2ccccc2)[C@H]2[C@@H]1C1CCN2CC1. The highest BCUT2D eigenvalue weighted by Gasteiger charge is 2.54. The summed E-state index contributed by atoms with van der Waals surface area (Å²) >= 11 is 0. The fourth-order valence-corrected chi connectivity index (χ4v) is 5.39. The minimum absolute atomic E-state index is 0.211. The maximum absolute atomic E-state index is 13.3. The number of carbonyl (C=O) groups is 1. The predicted molar refractivity (Wildman–Crippen MR) is 98.5 cm³/mol. The number of hydrogen-bond donors (Lipinski definition) is 0. The molecule has 3 atom stereocenters. The van der Waals surface area contributed by atoms with Crippen molar-refractivity contribution in [1.29, 1.82) is 0 Å². The number of rotatable bonds is 2. The molecule has 0 unspecified atom stereocenters. The van der Waals surface area contributed by atoms with Gasteiger partial charge in [-0.15, -0.1) is 0 Å². The second-order valence-corrected chi connectivity index (χ2v) is 7.70. The van der Waals surface area contributed by atoms with E-state index in [0.29, 0.717) is 23.9 Å². The van der Waals surface area contributed by atoms with E-state index in [0.717, 1.165) is 12.1 Å². The number of fused-ring (bicyclic) bond motifs is 2. The van der Waals surface area contributed by atoms with E-state index in [-0.39, 0.29) is 5.91 Å². The Morgan fingerprint density at radius 3 is 2.16 bits per heavy atom. The van der Waals surface area contributed by atoms with Gasteiger partial charge in [-0.1, -0.05) is 48.5 Å². The summed E-state index contributed by atoms with van der Waals surface area (Å²) in [6.07, 6.45) is 2.47. The maximum Gasteiger partial charge on any atom is 0.254 e. The number of hydrogen-bond acceptors (Lipinski definition) is 2. The van der Waals surface area contributed by atoms with Crippen LogP contribution >= 0.6 is 0 Å². The molecule has 0 radical (unpaired) electrons. The molecule has 3 heteroatoms. The zero-order chi connectivity index (χ0) is 16.8. The number of amides is 1. The van der Waals surface area contributed by atoms with Crippen molar-refractivity contribution in [2.24, 2.45) is 5.92 Å². The van der Waals surface area contributed by atoms with Crippen molar-refractivity contribution >= 4 is 5.91 Å². The second-order valence-electron chi connectivity index (χ2n) is 7.70. The van der Waals surface area contributed by atoms with Crippen molar-refractivity contribution in [3.8, 4) is 0 Å². The molecule has 4 aliphatic heterocycles. The standard InChI is InChI=1S/C22H24N2O/c25-22(18-9-5-2-6-10-18)24-15-19(16-7-3-1-4-8-16)21-20(24)17-11-13-23(21)14-12-17/h1-10,17,19-21H,11-15H2/t19-,20+,21+/m1/s1. The number of carbonyl (C=O) groups excluding carboxylic acids is 1. The van der Waals surface area contributed by atoms with Gasteiger partial charge in [0, 0.05) is 24.1 Å². The molecule has 4 saturated heterocycles. The predicted octanol–water partition coefficient (Wildman–Crippen LogP) is 3.39. The molecule has 4 heterocycles. The summed E-state index contributed by atoms with van der Waals surface area (Å²) < 4.78 is 0. The lowest BCUT2D eigenvalue weighted by molar-refractivity contribution is -0.00340. The Balaban J connectivity index is 1.53. The Labute approximate surface area is 149 Å². The van der Waals surface area contributed by atoms with Gasteiger partial charge in [-0.05, 0) is 49.5 Å². The van der Waals surface area contributed by atoms with E-state index in [9.17, 15) is 4.79 Å². The van der Waals surface area contributed by atoms with Gasteiger partial charge in [-0.25, -0.2) is 0 Å². The van der Waals surface area contributed by atoms with Crippen molar-refractivity contribution in [2.45, 2.75) is 30.8 Å². The Kier molecular flexibility index (Phi) is 3.63. The molecule has 0 spiro atoms. The van der Waals surface area contributed by atoms with Crippen LogP contribution in [-0.2, 0) is 0 Å². The Morgan fingerprint density at radius 2 is 1.48 bits per heavy atom. The Hall–Kier alpha value is -2.13. The second kappa shape index (κ2) is 5.99. The summed E-state index contributed by atoms with van der Waals surface area (Å²) in [5.41, 5.74) is 2.21. The third-order valence-corrected chi connectivity index (χ3v) is 6.50. The van der Waals surface area contributed by atoms with Crippen LogP contribution < -0.4 is 0 Å². The lowest BCUT2D eigenvalue weighted by atomic mass is 9.75. The average Bonchev–Trinajstić information content (AvgIpc) is 3.12. The largest absolute Gasteiger partial charge is 0.333 e. The van der Waals surface area contributed by atoms with E-state index in [1.54, 1.807) is 0 Å². The van der Waals surface area contributed by atoms with Crippen LogP contribution in [0.2, 0.25) is 0 Å². The van der Waals surface area contributed by atoms with Gasteiger partial charge in [0.05, 0.1) is 6.04 Å². The van der Waals surface area contributed by atoms with Crippen molar-refractivity contribution in [2.75, 3.05) is 19.6 Å². The lowest BCUT2D eigenvalue weighted by Gasteiger charge is -2.51. The quantitative estimate of drug-likeness (QED) is 0.842. The highest BCUT2D eigenvalue weighted by molar-refractivity contribution is 5.94. The monoisotopic (exact) mass is 332 g/mol. The van der Waals surface area contributed by atoms with Gasteiger partial charge < -0.3 is 4.90 Å². The molecule has 4 aliphatic rings. The molecule has 0 aliphatic carbocycles. The minimum atomic E-state index is 0.211. The van der Waals surface area contributed by atoms with Crippen LogP contribution in [-0.4, -0.2) is 47.4 Å². The van der Waals surface area contributed by atoms with Gasteiger partial charge in [0.2, 0.25) is 0 Å². The Morgan fingerprint density at radius 1 is 0.840 bits per heavy atom. The van der Waals surface area contributed by atoms with Crippen LogP contribution in [0.25, 0.3) is 0 Å². The molecule has 0 N–H and O–H groups in total. The van der Waals surface area contributed by atoms with E-state index >= 15 is 0 Å². The van der Waals surface area contributed by atoms with Crippen molar-refractivity contribution in [3.63, 3.8) is 0 Å². The third kappa shape index (κ3) is 2.41. The number of piperidine rings is 3. The lowest BCUT2D eigenvalue weighted by Crippen LogP contribution is -2.60. The summed E-state index contributed by atoms with van der Waals surface area (Å²) in [5, 5.41) is 0. The first-order valence-electron chi connectivity index (χ1n) is 9.48. The van der Waals surface area contributed by atoms with Crippen LogP contribution in [0.15, 0.2) is 60.7 Å². The summed E-state index contributed by atoms with van der Waals surface area (Å²) in [7, 11) is 0. The molecule has 1 amide bonds. The molecule has 128 valence electrons. The number of nitrogens with zero attached hydrogens (tertiary/aromatic N) is 2. The number of likely N-dealkylation sites (tertiary alicyclic amines) is 1.